The highest BCUT2D eigenvalue weighted by atomic mass is 35.5. The van der Waals surface area contributed by atoms with E-state index in [4.69, 9.17) is 44.9 Å². The number of carbonyl (C=O) groups excluding carboxylic acids is 2. The molecule has 6 nitrogen and oxygen atoms in total. The van der Waals surface area contributed by atoms with Crippen molar-refractivity contribution in [1.82, 2.24) is 9.80 Å². The molecular weight excluding hydrogens is 459 g/mol. The summed E-state index contributed by atoms with van der Waals surface area (Å²) in [6.45, 7) is 2.49. The first-order valence-corrected chi connectivity index (χ1v) is 10.5. The molecule has 2 aromatic rings. The Bertz CT molecular complexity index is 1060. The monoisotopic (exact) mass is 478 g/mol. The fourth-order valence-corrected chi connectivity index (χ4v) is 3.57. The lowest BCUT2D eigenvalue weighted by atomic mass is 10.1. The van der Waals surface area contributed by atoms with Crippen molar-refractivity contribution in [2.75, 3.05) is 20.7 Å². The van der Waals surface area contributed by atoms with Crippen molar-refractivity contribution in [3.05, 3.63) is 63.1 Å². The van der Waals surface area contributed by atoms with Crippen LogP contribution in [0.5, 0.6) is 11.5 Å². The van der Waals surface area contributed by atoms with Crippen molar-refractivity contribution in [2.24, 2.45) is 0 Å². The lowest BCUT2D eigenvalue weighted by Crippen LogP contribution is -2.52. The lowest BCUT2D eigenvalue weighted by molar-refractivity contribution is -0.132. The number of ether oxygens (including phenoxy) is 2. The third-order valence-corrected chi connectivity index (χ3v) is 5.76. The molecule has 162 valence electrons. The van der Waals surface area contributed by atoms with E-state index in [1.807, 2.05) is 6.92 Å². The Morgan fingerprint density at radius 2 is 1.65 bits per heavy atom. The minimum Gasteiger partial charge on any atom is -0.490 e. The second-order valence-electron chi connectivity index (χ2n) is 6.73. The predicted molar refractivity (Wildman–Crippen MR) is 125 cm³/mol. The van der Waals surface area contributed by atoms with E-state index >= 15 is 0 Å². The first kappa shape index (κ1) is 23.1. The number of carbonyl (C=O) groups is 2. The molecule has 1 heterocycles. The van der Waals surface area contributed by atoms with Crippen LogP contribution in [0.25, 0.3) is 6.08 Å². The first-order chi connectivity index (χ1) is 14.7. The number of benzene rings is 2. The maximum atomic E-state index is 12.5. The zero-order valence-electron chi connectivity index (χ0n) is 17.1. The molecule has 0 spiro atoms. The molecule has 0 aromatic heterocycles. The normalized spacial score (nSPS) is 14.2. The van der Waals surface area contributed by atoms with Crippen LogP contribution in [0.4, 0.5) is 0 Å². The third kappa shape index (κ3) is 5.01. The Balaban J connectivity index is 1.87. The van der Waals surface area contributed by atoms with E-state index in [0.717, 1.165) is 5.56 Å². The van der Waals surface area contributed by atoms with Crippen LogP contribution in [0.3, 0.4) is 0 Å². The van der Waals surface area contributed by atoms with Crippen molar-refractivity contribution in [3.8, 4) is 11.5 Å². The molecule has 0 atom stereocenters. The predicted octanol–water partition coefficient (Wildman–Crippen LogP) is 4.57. The molecule has 2 amide bonds. The van der Waals surface area contributed by atoms with Crippen molar-refractivity contribution >= 4 is 58.4 Å². The van der Waals surface area contributed by atoms with E-state index < -0.39 is 11.8 Å². The molecule has 3 rings (SSSR count). The maximum absolute atomic E-state index is 12.5. The summed E-state index contributed by atoms with van der Waals surface area (Å²) in [5, 5.41) is 1.21. The number of rotatable bonds is 6. The molecule has 0 saturated carbocycles. The summed E-state index contributed by atoms with van der Waals surface area (Å²) in [6.07, 6.45) is 1.52. The van der Waals surface area contributed by atoms with Crippen LogP contribution in [0.15, 0.2) is 42.0 Å². The van der Waals surface area contributed by atoms with Gasteiger partial charge in [0.1, 0.15) is 12.2 Å². The molecule has 1 aliphatic rings. The van der Waals surface area contributed by atoms with Gasteiger partial charge in [-0.05, 0) is 55.0 Å². The van der Waals surface area contributed by atoms with Crippen LogP contribution in [-0.4, -0.2) is 47.4 Å². The summed E-state index contributed by atoms with van der Waals surface area (Å²) in [6, 6.07) is 10.4. The molecule has 1 aliphatic heterocycles. The van der Waals surface area contributed by atoms with Gasteiger partial charge >= 0.3 is 0 Å². The number of likely N-dealkylation sites (N-methyl/N-ethyl adjacent to an activating group) is 2. The van der Waals surface area contributed by atoms with Crippen molar-refractivity contribution in [2.45, 2.75) is 13.5 Å². The summed E-state index contributed by atoms with van der Waals surface area (Å²) in [5.74, 6) is 0.0779. The Morgan fingerprint density at radius 3 is 2.26 bits per heavy atom. The highest BCUT2D eigenvalue weighted by molar-refractivity contribution is 7.80. The van der Waals surface area contributed by atoms with Gasteiger partial charge in [0.15, 0.2) is 16.6 Å². The summed E-state index contributed by atoms with van der Waals surface area (Å²) >= 11 is 17.3. The largest absolute Gasteiger partial charge is 0.490 e. The van der Waals surface area contributed by atoms with Gasteiger partial charge in [0, 0.05) is 29.7 Å². The van der Waals surface area contributed by atoms with Gasteiger partial charge in [-0.3, -0.25) is 19.4 Å². The minimum absolute atomic E-state index is 0.0164. The molecule has 31 heavy (non-hydrogen) atoms. The van der Waals surface area contributed by atoms with Crippen LogP contribution >= 0.6 is 35.4 Å². The van der Waals surface area contributed by atoms with Crippen LogP contribution in [-0.2, 0) is 16.2 Å². The highest BCUT2D eigenvalue weighted by Crippen LogP contribution is 2.32. The van der Waals surface area contributed by atoms with Crippen molar-refractivity contribution in [1.29, 1.82) is 0 Å². The van der Waals surface area contributed by atoms with Crippen molar-refractivity contribution in [3.63, 3.8) is 0 Å². The van der Waals surface area contributed by atoms with Gasteiger partial charge in [-0.1, -0.05) is 35.3 Å². The summed E-state index contributed by atoms with van der Waals surface area (Å²) in [4.78, 5) is 27.6. The Morgan fingerprint density at radius 1 is 0.968 bits per heavy atom. The van der Waals surface area contributed by atoms with Crippen LogP contribution in [0, 0.1) is 0 Å². The first-order valence-electron chi connectivity index (χ1n) is 9.38. The van der Waals surface area contributed by atoms with E-state index in [9.17, 15) is 9.59 Å². The smallest absolute Gasteiger partial charge is 0.265 e. The highest BCUT2D eigenvalue weighted by Gasteiger charge is 2.35. The SMILES string of the molecule is CCOc1cc(C=C2C(=O)N(C)C(=S)N(C)C2=O)ccc1OCc1ccc(Cl)cc1Cl. The third-order valence-electron chi connectivity index (χ3n) is 4.62. The fraction of sp³-hybridized carbons (Fsp3) is 0.227. The van der Waals surface area contributed by atoms with E-state index in [0.29, 0.717) is 33.7 Å². The fourth-order valence-electron chi connectivity index (χ4n) is 2.94. The van der Waals surface area contributed by atoms with Gasteiger partial charge in [0.05, 0.1) is 6.61 Å². The number of hydrogen-bond acceptors (Lipinski definition) is 5. The average molecular weight is 479 g/mol. The lowest BCUT2D eigenvalue weighted by Gasteiger charge is -2.31. The van der Waals surface area contributed by atoms with Gasteiger partial charge in [-0.15, -0.1) is 0 Å². The zero-order valence-corrected chi connectivity index (χ0v) is 19.5. The summed E-state index contributed by atoms with van der Waals surface area (Å²) in [7, 11) is 3.07. The Kier molecular flexibility index (Phi) is 7.20. The molecule has 0 radical (unpaired) electrons. The Labute approximate surface area is 195 Å². The second kappa shape index (κ2) is 9.68. The molecule has 0 aliphatic carbocycles. The molecular formula is C22H20Cl2N2O4S. The van der Waals surface area contributed by atoms with E-state index in [1.54, 1.807) is 36.4 Å². The van der Waals surface area contributed by atoms with Gasteiger partial charge in [-0.2, -0.15) is 0 Å². The van der Waals surface area contributed by atoms with Gasteiger partial charge in [0.25, 0.3) is 11.8 Å². The van der Waals surface area contributed by atoms with Crippen molar-refractivity contribution < 1.29 is 19.1 Å². The Hall–Kier alpha value is -2.61. The molecule has 1 fully saturated rings. The average Bonchev–Trinajstić information content (AvgIpc) is 2.74. The number of halogens is 2. The van der Waals surface area contributed by atoms with Crippen LogP contribution in [0.2, 0.25) is 10.0 Å². The summed E-state index contributed by atoms with van der Waals surface area (Å²) < 4.78 is 11.6. The van der Waals surface area contributed by atoms with Crippen LogP contribution < -0.4 is 9.47 Å². The van der Waals surface area contributed by atoms with Gasteiger partial charge < -0.3 is 9.47 Å². The molecule has 0 bridgehead atoms. The molecule has 2 aromatic carbocycles. The van der Waals surface area contributed by atoms with Gasteiger partial charge in [0.2, 0.25) is 0 Å². The quantitative estimate of drug-likeness (QED) is 0.345. The van der Waals surface area contributed by atoms with E-state index in [-0.39, 0.29) is 17.3 Å². The van der Waals surface area contributed by atoms with Gasteiger partial charge in [-0.25, -0.2) is 0 Å². The second-order valence-corrected chi connectivity index (χ2v) is 7.94. The number of hydrogen-bond donors (Lipinski definition) is 0. The van der Waals surface area contributed by atoms with E-state index in [1.165, 1.54) is 30.0 Å². The minimum atomic E-state index is -0.455. The standard InChI is InChI=1S/C22H20Cl2N2O4S/c1-4-29-19-10-13(9-16-20(27)25(2)22(31)26(3)21(16)28)5-8-18(19)30-12-14-6-7-15(23)11-17(14)24/h5-11H,4,12H2,1-3H3. The number of nitrogens with zero attached hydrogens (tertiary/aromatic N) is 2. The topological polar surface area (TPSA) is 59.1 Å². The molecule has 0 unspecified atom stereocenters. The maximum Gasteiger partial charge on any atom is 0.265 e. The number of amides is 2. The molecule has 9 heteroatoms. The number of thiocarbonyl (C=S) groups is 1. The van der Waals surface area contributed by atoms with E-state index in [2.05, 4.69) is 0 Å². The summed E-state index contributed by atoms with van der Waals surface area (Å²) in [5.41, 5.74) is 1.41. The van der Waals surface area contributed by atoms with Crippen LogP contribution in [0.1, 0.15) is 18.1 Å². The zero-order chi connectivity index (χ0) is 22.7. The molecule has 1 saturated heterocycles. The molecule has 0 N–H and O–H groups in total.